The van der Waals surface area contributed by atoms with Crippen molar-refractivity contribution >= 4 is 23.3 Å². The zero-order chi connectivity index (χ0) is 21.5. The molecule has 1 saturated heterocycles. The minimum absolute atomic E-state index is 0.0357. The highest BCUT2D eigenvalue weighted by Gasteiger charge is 2.33. The van der Waals surface area contributed by atoms with Crippen LogP contribution in [0, 0.1) is 10.1 Å². The predicted octanol–water partition coefficient (Wildman–Crippen LogP) is 1.24. The number of nitrogens with zero attached hydrogens (tertiary/aromatic N) is 2. The van der Waals surface area contributed by atoms with E-state index < -0.39 is 11.0 Å². The van der Waals surface area contributed by atoms with E-state index in [1.54, 1.807) is 12.3 Å². The van der Waals surface area contributed by atoms with Crippen LogP contribution in [0.15, 0.2) is 48.7 Å². The van der Waals surface area contributed by atoms with Crippen molar-refractivity contribution in [3.05, 3.63) is 64.3 Å². The number of amides is 2. The topological polar surface area (TPSA) is 119 Å². The van der Waals surface area contributed by atoms with Gasteiger partial charge in [0.15, 0.2) is 0 Å². The van der Waals surface area contributed by atoms with Crippen LogP contribution in [0.2, 0.25) is 0 Å². The summed E-state index contributed by atoms with van der Waals surface area (Å²) in [6, 6.07) is 11.9. The van der Waals surface area contributed by atoms with E-state index in [-0.39, 0.29) is 23.5 Å². The van der Waals surface area contributed by atoms with Gasteiger partial charge < -0.3 is 10.6 Å². The number of anilines is 1. The van der Waals surface area contributed by atoms with Gasteiger partial charge in [-0.05, 0) is 11.6 Å². The van der Waals surface area contributed by atoms with Crippen molar-refractivity contribution in [1.29, 1.82) is 0 Å². The van der Waals surface area contributed by atoms with Gasteiger partial charge in [-0.2, -0.15) is 0 Å². The molecule has 1 aromatic carbocycles. The highest BCUT2D eigenvalue weighted by atomic mass is 16.6. The van der Waals surface area contributed by atoms with Gasteiger partial charge >= 0.3 is 11.5 Å². The van der Waals surface area contributed by atoms with Gasteiger partial charge in [0.05, 0.1) is 24.2 Å². The molecule has 2 aromatic rings. The lowest BCUT2D eigenvalue weighted by molar-refractivity contribution is -0.411. The maximum atomic E-state index is 12.8. The summed E-state index contributed by atoms with van der Waals surface area (Å²) in [6.45, 7) is 2.55. The minimum Gasteiger partial charge on any atom is -0.351 e. The number of H-pyrrole nitrogens is 1. The molecular formula is C21H26N5O4+. The van der Waals surface area contributed by atoms with Crippen LogP contribution in [0.1, 0.15) is 25.3 Å². The number of nitrogens with one attached hydrogen (secondary N) is 3. The minimum atomic E-state index is -0.647. The van der Waals surface area contributed by atoms with Crippen molar-refractivity contribution < 1.29 is 19.5 Å². The molecule has 1 aromatic heterocycles. The van der Waals surface area contributed by atoms with Crippen LogP contribution >= 0.6 is 0 Å². The maximum absolute atomic E-state index is 12.8. The fourth-order valence-corrected chi connectivity index (χ4v) is 3.67. The number of hydrogen-bond donors (Lipinski definition) is 2. The van der Waals surface area contributed by atoms with Gasteiger partial charge in [0.25, 0.3) is 0 Å². The number of nitro groups is 1. The molecule has 0 unspecified atom stereocenters. The smallest absolute Gasteiger partial charge is 0.351 e. The van der Waals surface area contributed by atoms with Crippen LogP contribution in [0.5, 0.6) is 0 Å². The molecule has 1 aliphatic rings. The van der Waals surface area contributed by atoms with Crippen molar-refractivity contribution in [2.24, 2.45) is 0 Å². The molecule has 0 saturated carbocycles. The number of hydrogen-bond acceptors (Lipinski definition) is 5. The number of carbonyl (C=O) groups is 2. The van der Waals surface area contributed by atoms with E-state index in [1.807, 2.05) is 35.2 Å². The molecule has 0 aliphatic carbocycles. The maximum Gasteiger partial charge on any atom is 0.357 e. The number of carbonyl (C=O) groups excluding carboxylic acids is 2. The molecule has 0 radical (unpaired) electrons. The Hall–Kier alpha value is -3.49. The summed E-state index contributed by atoms with van der Waals surface area (Å²) in [7, 11) is 0. The second-order valence-corrected chi connectivity index (χ2v) is 7.37. The van der Waals surface area contributed by atoms with E-state index in [0.717, 1.165) is 5.56 Å². The molecular weight excluding hydrogens is 386 g/mol. The largest absolute Gasteiger partial charge is 0.357 e. The molecule has 0 spiro atoms. The molecule has 2 amide bonds. The van der Waals surface area contributed by atoms with Gasteiger partial charge in [-0.15, -0.1) is 0 Å². The normalized spacial score (nSPS) is 15.3. The summed E-state index contributed by atoms with van der Waals surface area (Å²) < 4.78 is 0. The number of pyridine rings is 1. The number of aromatic amines is 1. The molecule has 9 heteroatoms. The third-order valence-corrected chi connectivity index (χ3v) is 5.14. The number of aromatic nitrogens is 1. The SMILES string of the molecule is CC(=O)N[C@H](Cc1ccccc1)C(=O)NC1CCN(c2[nH+]cccc2[N+](=O)[O-])CC1. The third kappa shape index (κ3) is 5.53. The van der Waals surface area contributed by atoms with Crippen LogP contribution in [-0.2, 0) is 16.0 Å². The second-order valence-electron chi connectivity index (χ2n) is 7.37. The zero-order valence-electron chi connectivity index (χ0n) is 16.8. The van der Waals surface area contributed by atoms with Crippen LogP contribution in [0.3, 0.4) is 0 Å². The van der Waals surface area contributed by atoms with Crippen LogP contribution in [0.25, 0.3) is 0 Å². The lowest BCUT2D eigenvalue weighted by Gasteiger charge is -2.29. The summed E-state index contributed by atoms with van der Waals surface area (Å²) in [4.78, 5) is 40.1. The number of piperidine rings is 1. The monoisotopic (exact) mass is 412 g/mol. The Morgan fingerprint density at radius 1 is 1.20 bits per heavy atom. The van der Waals surface area contributed by atoms with E-state index in [4.69, 9.17) is 0 Å². The van der Waals surface area contributed by atoms with E-state index in [9.17, 15) is 19.7 Å². The van der Waals surface area contributed by atoms with Crippen molar-refractivity contribution in [1.82, 2.24) is 10.6 Å². The van der Waals surface area contributed by atoms with Gasteiger partial charge in [-0.3, -0.25) is 24.6 Å². The Morgan fingerprint density at radius 2 is 1.90 bits per heavy atom. The average Bonchev–Trinajstić information content (AvgIpc) is 2.74. The predicted molar refractivity (Wildman–Crippen MR) is 111 cm³/mol. The van der Waals surface area contributed by atoms with Crippen LogP contribution < -0.4 is 20.5 Å². The third-order valence-electron chi connectivity index (χ3n) is 5.14. The highest BCUT2D eigenvalue weighted by molar-refractivity contribution is 5.87. The van der Waals surface area contributed by atoms with E-state index >= 15 is 0 Å². The first-order valence-corrected chi connectivity index (χ1v) is 9.95. The van der Waals surface area contributed by atoms with Crippen molar-refractivity contribution in [3.63, 3.8) is 0 Å². The van der Waals surface area contributed by atoms with Gasteiger partial charge in [0.1, 0.15) is 6.04 Å². The average molecular weight is 412 g/mol. The summed E-state index contributed by atoms with van der Waals surface area (Å²) >= 11 is 0. The summed E-state index contributed by atoms with van der Waals surface area (Å²) in [5.41, 5.74) is 1.00. The molecule has 3 N–H and O–H groups in total. The van der Waals surface area contributed by atoms with E-state index in [1.165, 1.54) is 13.0 Å². The molecule has 1 atom stereocenters. The van der Waals surface area contributed by atoms with Crippen molar-refractivity contribution in [2.75, 3.05) is 18.0 Å². The zero-order valence-corrected chi connectivity index (χ0v) is 16.8. The van der Waals surface area contributed by atoms with Gasteiger partial charge in [0.2, 0.25) is 11.8 Å². The molecule has 1 aliphatic heterocycles. The second kappa shape index (κ2) is 9.82. The molecule has 9 nitrogen and oxygen atoms in total. The molecule has 30 heavy (non-hydrogen) atoms. The van der Waals surface area contributed by atoms with Crippen LogP contribution in [0.4, 0.5) is 11.5 Å². The number of benzene rings is 1. The Kier molecular flexibility index (Phi) is 6.95. The first kappa shape index (κ1) is 21.2. The fraction of sp³-hybridized carbons (Fsp3) is 0.381. The molecule has 1 fully saturated rings. The lowest BCUT2D eigenvalue weighted by atomic mass is 10.0. The molecule has 0 bridgehead atoms. The van der Waals surface area contributed by atoms with Crippen molar-refractivity contribution in [2.45, 2.75) is 38.3 Å². The van der Waals surface area contributed by atoms with Gasteiger partial charge in [-0.1, -0.05) is 30.3 Å². The fourth-order valence-electron chi connectivity index (χ4n) is 3.67. The Balaban J connectivity index is 1.59. The lowest BCUT2D eigenvalue weighted by Crippen LogP contribution is -2.53. The molecule has 158 valence electrons. The van der Waals surface area contributed by atoms with Crippen LogP contribution in [-0.4, -0.2) is 41.9 Å². The molecule has 2 heterocycles. The van der Waals surface area contributed by atoms with Gasteiger partial charge in [0, 0.05) is 38.3 Å². The highest BCUT2D eigenvalue weighted by Crippen LogP contribution is 2.25. The quantitative estimate of drug-likeness (QED) is 0.524. The first-order chi connectivity index (χ1) is 14.4. The summed E-state index contributed by atoms with van der Waals surface area (Å²) in [6.07, 6.45) is 3.39. The number of rotatable bonds is 7. The Morgan fingerprint density at radius 3 is 2.53 bits per heavy atom. The Labute approximate surface area is 174 Å². The standard InChI is InChI=1S/C21H25N5O4/c1-15(27)23-18(14-16-6-3-2-4-7-16)21(28)24-17-9-12-25(13-10-17)20-19(26(29)30)8-5-11-22-20/h2-8,11,17-18H,9-10,12-14H2,1H3,(H,23,27)(H,24,28)/p+1/t18-/m1/s1. The summed E-state index contributed by atoms with van der Waals surface area (Å²) in [5, 5.41) is 17.0. The van der Waals surface area contributed by atoms with Crippen molar-refractivity contribution in [3.8, 4) is 0 Å². The summed E-state index contributed by atoms with van der Waals surface area (Å²) in [5.74, 6) is 0.00468. The molecule has 3 rings (SSSR count). The first-order valence-electron chi connectivity index (χ1n) is 9.95. The Bertz CT molecular complexity index is 897. The van der Waals surface area contributed by atoms with E-state index in [0.29, 0.717) is 38.2 Å². The van der Waals surface area contributed by atoms with Gasteiger partial charge in [-0.25, -0.2) is 4.98 Å². The van der Waals surface area contributed by atoms with E-state index in [2.05, 4.69) is 15.6 Å².